The molecular weight excluding hydrogens is 270 g/mol. The normalized spacial score (nSPS) is 16.5. The second-order valence-corrected chi connectivity index (χ2v) is 5.15. The van der Waals surface area contributed by atoms with E-state index in [-0.39, 0.29) is 17.2 Å². The molecule has 5 nitrogen and oxygen atoms in total. The molecule has 1 atom stereocenters. The summed E-state index contributed by atoms with van der Waals surface area (Å²) in [6, 6.07) is 9.47. The Balaban J connectivity index is 1.63. The number of carboxylic acids is 1. The summed E-state index contributed by atoms with van der Waals surface area (Å²) >= 11 is 0. The van der Waals surface area contributed by atoms with Gasteiger partial charge in [-0.3, -0.25) is 4.79 Å². The summed E-state index contributed by atoms with van der Waals surface area (Å²) in [7, 11) is 0. The van der Waals surface area contributed by atoms with Gasteiger partial charge in [-0.1, -0.05) is 24.3 Å². The third kappa shape index (κ3) is 2.67. The van der Waals surface area contributed by atoms with Crippen LogP contribution in [0.5, 0.6) is 0 Å². The van der Waals surface area contributed by atoms with Crippen molar-refractivity contribution in [3.63, 3.8) is 0 Å². The Kier molecular flexibility index (Phi) is 3.48. The maximum Gasteiger partial charge on any atom is 0.338 e. The van der Waals surface area contributed by atoms with E-state index >= 15 is 0 Å². The van der Waals surface area contributed by atoms with Gasteiger partial charge in [0.25, 0.3) is 5.91 Å². The maximum absolute atomic E-state index is 12.0. The van der Waals surface area contributed by atoms with Crippen LogP contribution in [0.2, 0.25) is 0 Å². The number of benzene rings is 1. The van der Waals surface area contributed by atoms with Crippen LogP contribution in [-0.4, -0.2) is 23.5 Å². The summed E-state index contributed by atoms with van der Waals surface area (Å²) < 4.78 is 4.98. The fraction of sp³-hybridized carbons (Fsp3) is 0.250. The Morgan fingerprint density at radius 2 is 2.14 bits per heavy atom. The molecule has 1 heterocycles. The van der Waals surface area contributed by atoms with Gasteiger partial charge in [0.1, 0.15) is 6.26 Å². The van der Waals surface area contributed by atoms with Crippen molar-refractivity contribution in [2.75, 3.05) is 6.54 Å². The van der Waals surface area contributed by atoms with Gasteiger partial charge in [-0.25, -0.2) is 4.79 Å². The minimum Gasteiger partial charge on any atom is -0.478 e. The molecule has 0 radical (unpaired) electrons. The van der Waals surface area contributed by atoms with Crippen LogP contribution >= 0.6 is 0 Å². The molecule has 1 aromatic carbocycles. The first-order valence-electron chi connectivity index (χ1n) is 6.83. The highest BCUT2D eigenvalue weighted by Gasteiger charge is 2.23. The first-order valence-corrected chi connectivity index (χ1v) is 6.83. The SMILES string of the molecule is O=C(O)c1coc(C(=O)NCC2CCc3ccccc32)c1. The molecule has 1 aliphatic rings. The van der Waals surface area contributed by atoms with Gasteiger partial charge in [-0.15, -0.1) is 0 Å². The molecule has 1 aliphatic carbocycles. The highest BCUT2D eigenvalue weighted by molar-refractivity contribution is 5.95. The van der Waals surface area contributed by atoms with Crippen molar-refractivity contribution in [1.82, 2.24) is 5.32 Å². The highest BCUT2D eigenvalue weighted by Crippen LogP contribution is 2.32. The van der Waals surface area contributed by atoms with Crippen LogP contribution in [0.1, 0.15) is 44.4 Å². The molecule has 108 valence electrons. The number of amides is 1. The Labute approximate surface area is 121 Å². The van der Waals surface area contributed by atoms with E-state index in [1.54, 1.807) is 0 Å². The molecule has 5 heteroatoms. The lowest BCUT2D eigenvalue weighted by atomic mass is 10.0. The number of hydrogen-bond donors (Lipinski definition) is 2. The number of rotatable bonds is 4. The maximum atomic E-state index is 12.0. The lowest BCUT2D eigenvalue weighted by Crippen LogP contribution is -2.27. The molecular formula is C16H15NO4. The standard InChI is InChI=1S/C16H15NO4/c18-15(14-7-12(9-21-14)16(19)20)17-8-11-6-5-10-3-1-2-4-13(10)11/h1-4,7,9,11H,5-6,8H2,(H,17,18)(H,19,20). The topological polar surface area (TPSA) is 79.5 Å². The number of nitrogens with one attached hydrogen (secondary N) is 1. The van der Waals surface area contributed by atoms with Crippen molar-refractivity contribution in [1.29, 1.82) is 0 Å². The van der Waals surface area contributed by atoms with E-state index < -0.39 is 5.97 Å². The van der Waals surface area contributed by atoms with Crippen molar-refractivity contribution in [2.24, 2.45) is 0 Å². The predicted octanol–water partition coefficient (Wildman–Crippen LogP) is 2.44. The molecule has 0 saturated carbocycles. The lowest BCUT2D eigenvalue weighted by molar-refractivity contribution is 0.0696. The van der Waals surface area contributed by atoms with Crippen LogP contribution < -0.4 is 5.32 Å². The molecule has 2 N–H and O–H groups in total. The molecule has 1 amide bonds. The summed E-state index contributed by atoms with van der Waals surface area (Å²) in [4.78, 5) is 22.7. The fourth-order valence-electron chi connectivity index (χ4n) is 2.73. The summed E-state index contributed by atoms with van der Waals surface area (Å²) in [5.41, 5.74) is 2.60. The molecule has 1 aromatic heterocycles. The number of carbonyl (C=O) groups excluding carboxylic acids is 1. The minimum atomic E-state index is -1.11. The molecule has 0 fully saturated rings. The summed E-state index contributed by atoms with van der Waals surface area (Å²) in [5.74, 6) is -1.16. The molecule has 1 unspecified atom stereocenters. The van der Waals surface area contributed by atoms with Gasteiger partial charge in [-0.2, -0.15) is 0 Å². The van der Waals surface area contributed by atoms with Crippen molar-refractivity contribution in [3.8, 4) is 0 Å². The van der Waals surface area contributed by atoms with Crippen molar-refractivity contribution in [2.45, 2.75) is 18.8 Å². The molecule has 0 spiro atoms. The first-order chi connectivity index (χ1) is 10.1. The number of hydrogen-bond acceptors (Lipinski definition) is 3. The quantitative estimate of drug-likeness (QED) is 0.904. The highest BCUT2D eigenvalue weighted by atomic mass is 16.4. The average Bonchev–Trinajstić information content (AvgIpc) is 3.12. The van der Waals surface area contributed by atoms with Gasteiger partial charge in [-0.05, 0) is 24.0 Å². The molecule has 21 heavy (non-hydrogen) atoms. The van der Waals surface area contributed by atoms with Crippen molar-refractivity contribution < 1.29 is 19.1 Å². The molecule has 3 rings (SSSR count). The van der Waals surface area contributed by atoms with Gasteiger partial charge in [0.2, 0.25) is 0 Å². The number of furan rings is 1. The zero-order valence-corrected chi connectivity index (χ0v) is 11.3. The van der Waals surface area contributed by atoms with Crippen LogP contribution in [0.4, 0.5) is 0 Å². The van der Waals surface area contributed by atoms with E-state index in [0.717, 1.165) is 19.1 Å². The fourth-order valence-corrected chi connectivity index (χ4v) is 2.73. The van der Waals surface area contributed by atoms with Crippen molar-refractivity contribution >= 4 is 11.9 Å². The number of carbonyl (C=O) groups is 2. The largest absolute Gasteiger partial charge is 0.478 e. The molecule has 0 bridgehead atoms. The second kappa shape index (κ2) is 5.44. The van der Waals surface area contributed by atoms with Crippen molar-refractivity contribution in [3.05, 3.63) is 59.0 Å². The van der Waals surface area contributed by atoms with Gasteiger partial charge in [0.15, 0.2) is 5.76 Å². The zero-order chi connectivity index (χ0) is 14.8. The van der Waals surface area contributed by atoms with Crippen LogP contribution in [0, 0.1) is 0 Å². The van der Waals surface area contributed by atoms with E-state index in [2.05, 4.69) is 17.4 Å². The monoisotopic (exact) mass is 285 g/mol. The summed E-state index contributed by atoms with van der Waals surface area (Å²) in [5, 5.41) is 11.6. The summed E-state index contributed by atoms with van der Waals surface area (Å²) in [6.07, 6.45) is 3.11. The smallest absolute Gasteiger partial charge is 0.338 e. The minimum absolute atomic E-state index is 0.0219. The lowest BCUT2D eigenvalue weighted by Gasteiger charge is -2.11. The van der Waals surface area contributed by atoms with E-state index in [4.69, 9.17) is 9.52 Å². The Morgan fingerprint density at radius 1 is 1.33 bits per heavy atom. The van der Waals surface area contributed by atoms with Crippen LogP contribution in [0.15, 0.2) is 41.0 Å². The van der Waals surface area contributed by atoms with Gasteiger partial charge in [0, 0.05) is 18.5 Å². The van der Waals surface area contributed by atoms with E-state index in [1.165, 1.54) is 17.2 Å². The van der Waals surface area contributed by atoms with Gasteiger partial charge in [0.05, 0.1) is 5.56 Å². The second-order valence-electron chi connectivity index (χ2n) is 5.15. The zero-order valence-electron chi connectivity index (χ0n) is 11.3. The van der Waals surface area contributed by atoms with Gasteiger partial charge >= 0.3 is 5.97 Å². The number of aromatic carboxylic acids is 1. The van der Waals surface area contributed by atoms with Gasteiger partial charge < -0.3 is 14.8 Å². The van der Waals surface area contributed by atoms with E-state index in [1.807, 2.05) is 12.1 Å². The van der Waals surface area contributed by atoms with Crippen LogP contribution in [0.25, 0.3) is 0 Å². The Bertz CT molecular complexity index is 689. The first kappa shape index (κ1) is 13.4. The van der Waals surface area contributed by atoms with Crippen LogP contribution in [0.3, 0.4) is 0 Å². The average molecular weight is 285 g/mol. The third-order valence-electron chi connectivity index (χ3n) is 3.84. The Morgan fingerprint density at radius 3 is 2.90 bits per heavy atom. The predicted molar refractivity (Wildman–Crippen MR) is 75.5 cm³/mol. The third-order valence-corrected chi connectivity index (χ3v) is 3.84. The number of carboxylic acid groups (broad SMARTS) is 1. The molecule has 2 aromatic rings. The van der Waals surface area contributed by atoms with E-state index in [0.29, 0.717) is 12.5 Å². The van der Waals surface area contributed by atoms with E-state index in [9.17, 15) is 9.59 Å². The molecule has 0 aliphatic heterocycles. The molecule has 0 saturated heterocycles. The summed E-state index contributed by atoms with van der Waals surface area (Å²) in [6.45, 7) is 0.527. The number of fused-ring (bicyclic) bond motifs is 1. The number of aryl methyl sites for hydroxylation is 1. The Hall–Kier alpha value is -2.56. The van der Waals surface area contributed by atoms with Crippen LogP contribution in [-0.2, 0) is 6.42 Å².